The van der Waals surface area contributed by atoms with E-state index in [1.165, 1.54) is 0 Å². The van der Waals surface area contributed by atoms with Gasteiger partial charge in [0.25, 0.3) is 0 Å². The fourth-order valence-electron chi connectivity index (χ4n) is 2.34. The number of pyridine rings is 1. The van der Waals surface area contributed by atoms with Crippen LogP contribution in [-0.4, -0.2) is 28.6 Å². The first kappa shape index (κ1) is 10.9. The van der Waals surface area contributed by atoms with Crippen LogP contribution in [-0.2, 0) is 4.79 Å². The molecule has 1 aliphatic rings. The number of carbonyl (C=O) groups is 1. The second-order valence-corrected chi connectivity index (χ2v) is 4.32. The summed E-state index contributed by atoms with van der Waals surface area (Å²) in [7, 11) is 0. The van der Waals surface area contributed by atoms with E-state index in [1.807, 2.05) is 26.0 Å². The van der Waals surface area contributed by atoms with Crippen molar-refractivity contribution in [2.24, 2.45) is 5.92 Å². The van der Waals surface area contributed by atoms with Gasteiger partial charge in [-0.15, -0.1) is 0 Å². The lowest BCUT2D eigenvalue weighted by Gasteiger charge is -2.25. The van der Waals surface area contributed by atoms with Gasteiger partial charge in [0.1, 0.15) is 0 Å². The lowest BCUT2D eigenvalue weighted by Crippen LogP contribution is -2.32. The summed E-state index contributed by atoms with van der Waals surface area (Å²) in [6, 6.07) is 3.99. The van der Waals surface area contributed by atoms with E-state index in [4.69, 9.17) is 5.11 Å². The average Bonchev–Trinajstić information content (AvgIpc) is 2.60. The Morgan fingerprint density at radius 2 is 2.38 bits per heavy atom. The maximum absolute atomic E-state index is 11.0. The third-order valence-electron chi connectivity index (χ3n) is 3.28. The molecule has 0 aliphatic carbocycles. The summed E-state index contributed by atoms with van der Waals surface area (Å²) in [5.74, 6) is -0.950. The number of carboxylic acid groups (broad SMARTS) is 1. The summed E-state index contributed by atoms with van der Waals surface area (Å²) in [4.78, 5) is 17.3. The highest BCUT2D eigenvalue weighted by molar-refractivity contribution is 5.73. The van der Waals surface area contributed by atoms with Gasteiger partial charge in [-0.3, -0.25) is 9.78 Å². The van der Waals surface area contributed by atoms with Crippen molar-refractivity contribution < 1.29 is 9.90 Å². The Morgan fingerprint density at radius 1 is 1.62 bits per heavy atom. The van der Waals surface area contributed by atoms with Gasteiger partial charge in [-0.25, -0.2) is 0 Å². The minimum atomic E-state index is -0.694. The van der Waals surface area contributed by atoms with Crippen LogP contribution in [0.5, 0.6) is 0 Å². The smallest absolute Gasteiger partial charge is 0.308 e. The largest absolute Gasteiger partial charge is 0.481 e. The van der Waals surface area contributed by atoms with Gasteiger partial charge in [0.05, 0.1) is 5.92 Å². The monoisotopic (exact) mass is 220 g/mol. The molecule has 1 saturated heterocycles. The Labute approximate surface area is 94.9 Å². The fourth-order valence-corrected chi connectivity index (χ4v) is 2.34. The molecule has 86 valence electrons. The second kappa shape index (κ2) is 4.12. The van der Waals surface area contributed by atoms with Crippen molar-refractivity contribution in [1.82, 2.24) is 4.98 Å². The highest BCUT2D eigenvalue weighted by atomic mass is 16.4. The number of aromatic nitrogens is 1. The van der Waals surface area contributed by atoms with Gasteiger partial charge in [0.2, 0.25) is 0 Å². The van der Waals surface area contributed by atoms with Crippen LogP contribution in [0, 0.1) is 12.8 Å². The van der Waals surface area contributed by atoms with Crippen LogP contribution in [0.2, 0.25) is 0 Å². The lowest BCUT2D eigenvalue weighted by atomic mass is 10.0. The molecule has 2 heterocycles. The number of aryl methyl sites for hydroxylation is 1. The minimum absolute atomic E-state index is 0.0549. The van der Waals surface area contributed by atoms with Gasteiger partial charge in [0, 0.05) is 30.2 Å². The van der Waals surface area contributed by atoms with E-state index < -0.39 is 5.97 Å². The molecule has 4 nitrogen and oxygen atoms in total. The van der Waals surface area contributed by atoms with Crippen LogP contribution >= 0.6 is 0 Å². The maximum Gasteiger partial charge on any atom is 0.308 e. The summed E-state index contributed by atoms with van der Waals surface area (Å²) in [6.45, 7) is 4.72. The molecular weight excluding hydrogens is 204 g/mol. The van der Waals surface area contributed by atoms with Crippen LogP contribution in [0.4, 0.5) is 5.69 Å². The maximum atomic E-state index is 11.0. The van der Waals surface area contributed by atoms with Crippen LogP contribution in [0.1, 0.15) is 19.0 Å². The van der Waals surface area contributed by atoms with Gasteiger partial charge < -0.3 is 10.0 Å². The SMILES string of the molecule is Cc1cc(N2CCC(C(=O)O)C2C)ccn1. The number of rotatable bonds is 2. The normalized spacial score (nSPS) is 24.8. The summed E-state index contributed by atoms with van der Waals surface area (Å²) < 4.78 is 0. The van der Waals surface area contributed by atoms with Crippen LogP contribution < -0.4 is 4.90 Å². The Balaban J connectivity index is 2.21. The van der Waals surface area contributed by atoms with Crippen LogP contribution in [0.3, 0.4) is 0 Å². The van der Waals surface area contributed by atoms with E-state index in [2.05, 4.69) is 9.88 Å². The van der Waals surface area contributed by atoms with Gasteiger partial charge >= 0.3 is 5.97 Å². The van der Waals surface area contributed by atoms with Crippen molar-refractivity contribution in [2.45, 2.75) is 26.3 Å². The zero-order valence-corrected chi connectivity index (χ0v) is 9.55. The van der Waals surface area contributed by atoms with Crippen LogP contribution in [0.15, 0.2) is 18.3 Å². The summed E-state index contributed by atoms with van der Waals surface area (Å²) in [5, 5.41) is 9.06. The van der Waals surface area contributed by atoms with Gasteiger partial charge in [-0.1, -0.05) is 0 Å². The molecule has 1 fully saturated rings. The molecule has 1 N–H and O–H groups in total. The van der Waals surface area contributed by atoms with Gasteiger partial charge in [0.15, 0.2) is 0 Å². The predicted octanol–water partition coefficient (Wildman–Crippen LogP) is 1.69. The number of hydrogen-bond donors (Lipinski definition) is 1. The number of anilines is 1. The molecular formula is C12H16N2O2. The predicted molar refractivity (Wildman–Crippen MR) is 61.5 cm³/mol. The number of carboxylic acids is 1. The molecule has 1 aromatic heterocycles. The number of aliphatic carboxylic acids is 1. The molecule has 2 atom stereocenters. The Hall–Kier alpha value is -1.58. The van der Waals surface area contributed by atoms with Gasteiger partial charge in [-0.05, 0) is 32.4 Å². The van der Waals surface area contributed by atoms with Crippen molar-refractivity contribution in [3.8, 4) is 0 Å². The molecule has 0 radical (unpaired) electrons. The van der Waals surface area contributed by atoms with Crippen molar-refractivity contribution in [3.63, 3.8) is 0 Å². The fraction of sp³-hybridized carbons (Fsp3) is 0.500. The highest BCUT2D eigenvalue weighted by Crippen LogP contribution is 2.29. The quantitative estimate of drug-likeness (QED) is 0.824. The Morgan fingerprint density at radius 3 is 2.94 bits per heavy atom. The average molecular weight is 220 g/mol. The molecule has 0 amide bonds. The number of hydrogen-bond acceptors (Lipinski definition) is 3. The second-order valence-electron chi connectivity index (χ2n) is 4.32. The molecule has 4 heteroatoms. The first-order chi connectivity index (χ1) is 7.59. The van der Waals surface area contributed by atoms with Gasteiger partial charge in [-0.2, -0.15) is 0 Å². The molecule has 2 unspecified atom stereocenters. The molecule has 16 heavy (non-hydrogen) atoms. The molecule has 0 saturated carbocycles. The van der Waals surface area contributed by atoms with E-state index in [1.54, 1.807) is 6.20 Å². The Kier molecular flexibility index (Phi) is 2.81. The molecule has 1 aromatic rings. The van der Waals surface area contributed by atoms with Crippen molar-refractivity contribution >= 4 is 11.7 Å². The topological polar surface area (TPSA) is 53.4 Å². The van der Waals surface area contributed by atoms with E-state index in [0.717, 1.165) is 24.3 Å². The zero-order valence-electron chi connectivity index (χ0n) is 9.55. The number of nitrogens with zero attached hydrogens (tertiary/aromatic N) is 2. The molecule has 0 bridgehead atoms. The molecule has 2 rings (SSSR count). The highest BCUT2D eigenvalue weighted by Gasteiger charge is 2.35. The summed E-state index contributed by atoms with van der Waals surface area (Å²) in [6.07, 6.45) is 2.49. The summed E-state index contributed by atoms with van der Waals surface area (Å²) >= 11 is 0. The van der Waals surface area contributed by atoms with Crippen molar-refractivity contribution in [1.29, 1.82) is 0 Å². The van der Waals surface area contributed by atoms with E-state index >= 15 is 0 Å². The van der Waals surface area contributed by atoms with Crippen molar-refractivity contribution in [2.75, 3.05) is 11.4 Å². The molecule has 1 aliphatic heterocycles. The first-order valence-electron chi connectivity index (χ1n) is 5.51. The minimum Gasteiger partial charge on any atom is -0.481 e. The third kappa shape index (κ3) is 1.87. The zero-order chi connectivity index (χ0) is 11.7. The Bertz CT molecular complexity index is 406. The van der Waals surface area contributed by atoms with Crippen LogP contribution in [0.25, 0.3) is 0 Å². The van der Waals surface area contributed by atoms with E-state index in [-0.39, 0.29) is 12.0 Å². The van der Waals surface area contributed by atoms with Crippen molar-refractivity contribution in [3.05, 3.63) is 24.0 Å². The third-order valence-corrected chi connectivity index (χ3v) is 3.28. The van der Waals surface area contributed by atoms with E-state index in [9.17, 15) is 4.79 Å². The first-order valence-corrected chi connectivity index (χ1v) is 5.51. The van der Waals surface area contributed by atoms with E-state index in [0.29, 0.717) is 0 Å². The standard InChI is InChI=1S/C12H16N2O2/c1-8-7-10(3-5-13-8)14-6-4-11(9(14)2)12(15)16/h3,5,7,9,11H,4,6H2,1-2H3,(H,15,16). The molecule has 0 aromatic carbocycles. The lowest BCUT2D eigenvalue weighted by molar-refractivity contribution is -0.141. The summed E-state index contributed by atoms with van der Waals surface area (Å²) in [5.41, 5.74) is 2.03. The molecule has 0 spiro atoms.